The lowest BCUT2D eigenvalue weighted by Crippen LogP contribution is -2.18. The zero-order valence-corrected chi connectivity index (χ0v) is 16.2. The summed E-state index contributed by atoms with van der Waals surface area (Å²) in [6, 6.07) is 16.0. The maximum Gasteiger partial charge on any atom is 0.433 e. The van der Waals surface area contributed by atoms with Crippen molar-refractivity contribution >= 4 is 17.3 Å². The standard InChI is InChI=1S/C22H18F3N3O2/c1-13-5-3-4-6-17(13)20(15-7-9-16(10-8-15)21(29)28-30)27-18-11-12-19(22(23,24)25)26-14(18)2/h3-12,30H,1-2H3,(H,28,29)/b27-20-. The number of carbonyl (C=O) groups excluding carboxylic acids is 1. The molecule has 0 bridgehead atoms. The lowest BCUT2D eigenvalue weighted by atomic mass is 9.97. The number of hydroxylamine groups is 1. The molecule has 0 atom stereocenters. The van der Waals surface area contributed by atoms with Crippen LogP contribution in [0, 0.1) is 13.8 Å². The predicted octanol–water partition coefficient (Wildman–Crippen LogP) is 5.01. The second kappa shape index (κ2) is 8.46. The lowest BCUT2D eigenvalue weighted by molar-refractivity contribution is -0.141. The van der Waals surface area contributed by atoms with Crippen molar-refractivity contribution in [3.05, 3.63) is 94.3 Å². The molecule has 8 heteroatoms. The molecule has 30 heavy (non-hydrogen) atoms. The Bertz CT molecular complexity index is 1110. The fraction of sp³-hybridized carbons (Fsp3) is 0.136. The molecule has 1 heterocycles. The molecule has 0 unspecified atom stereocenters. The van der Waals surface area contributed by atoms with Crippen LogP contribution in [0.3, 0.4) is 0 Å². The smallest absolute Gasteiger partial charge is 0.288 e. The average molecular weight is 413 g/mol. The molecule has 2 aromatic carbocycles. The third-order valence-electron chi connectivity index (χ3n) is 4.50. The highest BCUT2D eigenvalue weighted by atomic mass is 19.4. The van der Waals surface area contributed by atoms with Crippen molar-refractivity contribution in [3.63, 3.8) is 0 Å². The molecular formula is C22H18F3N3O2. The van der Waals surface area contributed by atoms with Gasteiger partial charge >= 0.3 is 6.18 Å². The Morgan fingerprint density at radius 1 is 0.967 bits per heavy atom. The number of aliphatic imine (C=N–C) groups is 1. The predicted molar refractivity (Wildman–Crippen MR) is 106 cm³/mol. The van der Waals surface area contributed by atoms with Crippen molar-refractivity contribution < 1.29 is 23.2 Å². The van der Waals surface area contributed by atoms with Crippen LogP contribution in [0.25, 0.3) is 0 Å². The van der Waals surface area contributed by atoms with Crippen molar-refractivity contribution in [1.29, 1.82) is 0 Å². The number of amides is 1. The van der Waals surface area contributed by atoms with E-state index >= 15 is 0 Å². The van der Waals surface area contributed by atoms with Crippen LogP contribution in [-0.2, 0) is 6.18 Å². The molecule has 1 amide bonds. The Morgan fingerprint density at radius 2 is 1.60 bits per heavy atom. The van der Waals surface area contributed by atoms with Crippen LogP contribution < -0.4 is 5.48 Å². The number of aryl methyl sites for hydroxylation is 2. The van der Waals surface area contributed by atoms with E-state index in [2.05, 4.69) is 9.98 Å². The van der Waals surface area contributed by atoms with E-state index in [4.69, 9.17) is 5.21 Å². The average Bonchev–Trinajstić information content (AvgIpc) is 2.72. The molecule has 3 rings (SSSR count). The Hall–Kier alpha value is -3.52. The fourth-order valence-corrected chi connectivity index (χ4v) is 2.91. The summed E-state index contributed by atoms with van der Waals surface area (Å²) in [6.07, 6.45) is -4.53. The summed E-state index contributed by atoms with van der Waals surface area (Å²) in [4.78, 5) is 19.8. The van der Waals surface area contributed by atoms with Crippen molar-refractivity contribution in [1.82, 2.24) is 10.5 Å². The molecule has 0 aliphatic heterocycles. The van der Waals surface area contributed by atoms with Crippen molar-refractivity contribution in [2.24, 2.45) is 4.99 Å². The summed E-state index contributed by atoms with van der Waals surface area (Å²) in [5.74, 6) is -0.654. The van der Waals surface area contributed by atoms with Crippen molar-refractivity contribution in [2.45, 2.75) is 20.0 Å². The summed E-state index contributed by atoms with van der Waals surface area (Å²) >= 11 is 0. The van der Waals surface area contributed by atoms with E-state index in [9.17, 15) is 18.0 Å². The molecule has 3 aromatic rings. The Balaban J connectivity index is 2.14. The van der Waals surface area contributed by atoms with E-state index in [1.807, 2.05) is 31.2 Å². The van der Waals surface area contributed by atoms with E-state index in [0.717, 1.165) is 17.2 Å². The van der Waals surface area contributed by atoms with E-state index < -0.39 is 17.8 Å². The molecule has 0 radical (unpaired) electrons. The Kier molecular flexibility index (Phi) is 5.98. The van der Waals surface area contributed by atoms with Crippen molar-refractivity contribution in [3.8, 4) is 0 Å². The second-order valence-corrected chi connectivity index (χ2v) is 6.59. The quantitative estimate of drug-likeness (QED) is 0.359. The monoisotopic (exact) mass is 413 g/mol. The van der Waals surface area contributed by atoms with Gasteiger partial charge in [0.25, 0.3) is 5.91 Å². The third kappa shape index (κ3) is 4.55. The van der Waals surface area contributed by atoms with Crippen LogP contribution in [0.2, 0.25) is 0 Å². The van der Waals surface area contributed by atoms with E-state index in [1.54, 1.807) is 17.6 Å². The SMILES string of the molecule is Cc1ccccc1/C(=N\c1ccc(C(F)(F)F)nc1C)c1ccc(C(=O)NO)cc1. The summed E-state index contributed by atoms with van der Waals surface area (Å²) in [7, 11) is 0. The van der Waals surface area contributed by atoms with E-state index in [1.165, 1.54) is 25.1 Å². The normalized spacial score (nSPS) is 12.0. The largest absolute Gasteiger partial charge is 0.433 e. The summed E-state index contributed by atoms with van der Waals surface area (Å²) in [6.45, 7) is 3.37. The highest BCUT2D eigenvalue weighted by molar-refractivity contribution is 6.15. The minimum Gasteiger partial charge on any atom is -0.288 e. The number of halogens is 3. The highest BCUT2D eigenvalue weighted by Crippen LogP contribution is 2.30. The van der Waals surface area contributed by atoms with Gasteiger partial charge in [0, 0.05) is 16.7 Å². The Morgan fingerprint density at radius 3 is 2.17 bits per heavy atom. The summed E-state index contributed by atoms with van der Waals surface area (Å²) in [5.41, 5.74) is 4.17. The first kappa shape index (κ1) is 21.2. The lowest BCUT2D eigenvalue weighted by Gasteiger charge is -2.13. The summed E-state index contributed by atoms with van der Waals surface area (Å²) < 4.78 is 38.8. The summed E-state index contributed by atoms with van der Waals surface area (Å²) in [5, 5.41) is 8.78. The molecule has 5 nitrogen and oxygen atoms in total. The molecule has 0 saturated carbocycles. The number of carbonyl (C=O) groups is 1. The first-order chi connectivity index (χ1) is 14.2. The van der Waals surface area contributed by atoms with Gasteiger partial charge in [-0.2, -0.15) is 13.2 Å². The number of alkyl halides is 3. The topological polar surface area (TPSA) is 74.6 Å². The molecule has 2 N–H and O–H groups in total. The molecule has 0 spiro atoms. The molecule has 0 aliphatic carbocycles. The van der Waals surface area contributed by atoms with Gasteiger partial charge in [0.2, 0.25) is 0 Å². The van der Waals surface area contributed by atoms with Gasteiger partial charge < -0.3 is 0 Å². The van der Waals surface area contributed by atoms with E-state index in [-0.39, 0.29) is 11.3 Å². The maximum atomic E-state index is 12.9. The van der Waals surface area contributed by atoms with E-state index in [0.29, 0.717) is 17.0 Å². The minimum atomic E-state index is -4.53. The van der Waals surface area contributed by atoms with Crippen LogP contribution in [0.1, 0.15) is 38.4 Å². The number of nitrogens with one attached hydrogen (secondary N) is 1. The molecule has 0 aliphatic rings. The number of aromatic nitrogens is 1. The van der Waals surface area contributed by atoms with Crippen LogP contribution in [0.15, 0.2) is 65.7 Å². The third-order valence-corrected chi connectivity index (χ3v) is 4.50. The number of nitrogens with zero attached hydrogens (tertiary/aromatic N) is 2. The molecule has 1 aromatic heterocycles. The fourth-order valence-electron chi connectivity index (χ4n) is 2.91. The van der Waals surface area contributed by atoms with Gasteiger partial charge in [0.1, 0.15) is 5.69 Å². The Labute approximate surface area is 170 Å². The van der Waals surface area contributed by atoms with Gasteiger partial charge in [-0.1, -0.05) is 36.4 Å². The molecular weight excluding hydrogens is 395 g/mol. The molecule has 154 valence electrons. The minimum absolute atomic E-state index is 0.146. The second-order valence-electron chi connectivity index (χ2n) is 6.59. The first-order valence-corrected chi connectivity index (χ1v) is 8.95. The zero-order valence-electron chi connectivity index (χ0n) is 16.2. The van der Waals surface area contributed by atoms with Gasteiger partial charge in [-0.15, -0.1) is 0 Å². The van der Waals surface area contributed by atoms with Crippen molar-refractivity contribution in [2.75, 3.05) is 0 Å². The van der Waals surface area contributed by atoms with Crippen LogP contribution in [0.4, 0.5) is 18.9 Å². The number of benzene rings is 2. The van der Waals surface area contributed by atoms with Gasteiger partial charge in [0.05, 0.1) is 17.1 Å². The van der Waals surface area contributed by atoms with Crippen LogP contribution in [0.5, 0.6) is 0 Å². The van der Waals surface area contributed by atoms with Gasteiger partial charge in [-0.25, -0.2) is 15.5 Å². The molecule has 0 fully saturated rings. The van der Waals surface area contributed by atoms with Gasteiger partial charge in [-0.3, -0.25) is 10.0 Å². The number of hydrogen-bond donors (Lipinski definition) is 2. The van der Waals surface area contributed by atoms with Gasteiger partial charge in [-0.05, 0) is 43.7 Å². The molecule has 0 saturated heterocycles. The first-order valence-electron chi connectivity index (χ1n) is 8.95. The number of rotatable bonds is 4. The highest BCUT2D eigenvalue weighted by Gasteiger charge is 2.32. The zero-order chi connectivity index (χ0) is 21.9. The van der Waals surface area contributed by atoms with Crippen LogP contribution >= 0.6 is 0 Å². The number of hydrogen-bond acceptors (Lipinski definition) is 4. The number of pyridine rings is 1. The van der Waals surface area contributed by atoms with Gasteiger partial charge in [0.15, 0.2) is 0 Å². The van der Waals surface area contributed by atoms with Crippen LogP contribution in [-0.4, -0.2) is 21.8 Å². The maximum absolute atomic E-state index is 12.9.